The number of aromatic hydroxyl groups is 1. The van der Waals surface area contributed by atoms with Crippen LogP contribution in [-0.4, -0.2) is 58.9 Å². The van der Waals surface area contributed by atoms with Gasteiger partial charge >= 0.3 is 6.18 Å². The molecule has 2 aromatic carbocycles. The van der Waals surface area contributed by atoms with Crippen molar-refractivity contribution in [3.63, 3.8) is 0 Å². The molecule has 0 radical (unpaired) electrons. The third-order valence-electron chi connectivity index (χ3n) is 6.70. The number of likely N-dealkylation sites (tertiary alicyclic amines) is 1. The normalized spacial score (nSPS) is 15.5. The molecule has 3 aromatic rings. The average Bonchev–Trinajstić information content (AvgIpc) is 3.41. The molecule has 0 saturated carbocycles. The molecule has 12 heteroatoms. The number of carbonyl (C=O) groups is 1. The van der Waals surface area contributed by atoms with E-state index in [0.717, 1.165) is 6.07 Å². The van der Waals surface area contributed by atoms with E-state index in [4.69, 9.17) is 14.2 Å². The van der Waals surface area contributed by atoms with Crippen molar-refractivity contribution in [1.82, 2.24) is 14.5 Å². The number of ether oxygens (including phenoxy) is 3. The maximum Gasteiger partial charge on any atom is 0.416 e. The Labute approximate surface area is 228 Å². The number of para-hydroxylation sites is 1. The van der Waals surface area contributed by atoms with Gasteiger partial charge in [-0.05, 0) is 44.0 Å². The minimum atomic E-state index is -4.55. The van der Waals surface area contributed by atoms with Crippen LogP contribution < -0.4 is 15.0 Å². The Morgan fingerprint density at radius 1 is 1.10 bits per heavy atom. The SMILES string of the molecule is COc1cccc(OC)c1-n1c(COC(C)C)nc(=O)c(C(=O)N2CCC(c3ccccc3C(F)(F)F)C2)c1O. The van der Waals surface area contributed by atoms with E-state index >= 15 is 0 Å². The number of carbonyl (C=O) groups excluding carboxylic acids is 1. The second-order valence-corrected chi connectivity index (χ2v) is 9.56. The van der Waals surface area contributed by atoms with Gasteiger partial charge in [0.25, 0.3) is 11.5 Å². The Hall–Kier alpha value is -4.06. The van der Waals surface area contributed by atoms with Crippen LogP contribution in [0.1, 0.15) is 53.5 Å². The Bertz CT molecular complexity index is 1430. The zero-order valence-electron chi connectivity index (χ0n) is 22.5. The van der Waals surface area contributed by atoms with Gasteiger partial charge in [0, 0.05) is 19.0 Å². The molecule has 1 unspecified atom stereocenters. The Morgan fingerprint density at radius 3 is 2.35 bits per heavy atom. The van der Waals surface area contributed by atoms with Crippen LogP contribution in [0, 0.1) is 0 Å². The maximum absolute atomic E-state index is 13.6. The van der Waals surface area contributed by atoms with Crippen LogP contribution in [0.2, 0.25) is 0 Å². The van der Waals surface area contributed by atoms with Gasteiger partial charge < -0.3 is 24.2 Å². The van der Waals surface area contributed by atoms with Crippen LogP contribution in [0.25, 0.3) is 5.69 Å². The minimum absolute atomic E-state index is 0.00560. The molecule has 4 rings (SSSR count). The Morgan fingerprint density at radius 2 is 1.75 bits per heavy atom. The summed E-state index contributed by atoms with van der Waals surface area (Å²) in [5.41, 5.74) is -2.11. The van der Waals surface area contributed by atoms with Crippen LogP contribution in [0.3, 0.4) is 0 Å². The van der Waals surface area contributed by atoms with Crippen molar-refractivity contribution in [3.05, 3.63) is 75.3 Å². The molecule has 1 atom stereocenters. The summed E-state index contributed by atoms with van der Waals surface area (Å²) in [5, 5.41) is 11.4. The number of hydrogen-bond acceptors (Lipinski definition) is 7. The molecule has 1 fully saturated rings. The number of alkyl halides is 3. The highest BCUT2D eigenvalue weighted by Gasteiger charge is 2.39. The molecular formula is C28H30F3N3O6. The van der Waals surface area contributed by atoms with Crippen molar-refractivity contribution in [3.8, 4) is 23.1 Å². The van der Waals surface area contributed by atoms with Gasteiger partial charge in [0.15, 0.2) is 5.56 Å². The zero-order chi connectivity index (χ0) is 29.2. The highest BCUT2D eigenvalue weighted by atomic mass is 19.4. The fraction of sp³-hybridized carbons (Fsp3) is 0.393. The maximum atomic E-state index is 13.6. The van der Waals surface area contributed by atoms with Crippen LogP contribution in [0.15, 0.2) is 47.3 Å². The van der Waals surface area contributed by atoms with E-state index in [0.29, 0.717) is 0 Å². The lowest BCUT2D eigenvalue weighted by Gasteiger charge is -2.23. The van der Waals surface area contributed by atoms with E-state index in [1.54, 1.807) is 32.0 Å². The standard InChI is InChI=1S/C28H30F3N3O6/c1-16(2)40-15-22-32-25(35)23(27(37)34(22)24-20(38-3)10-7-11-21(24)39-4)26(36)33-13-12-17(14-33)18-8-5-6-9-19(18)28(29,30)31/h5-11,16-17,37H,12-15H2,1-4H3. The van der Waals surface area contributed by atoms with Crippen molar-refractivity contribution < 1.29 is 37.3 Å². The highest BCUT2D eigenvalue weighted by Crippen LogP contribution is 2.40. The fourth-order valence-electron chi connectivity index (χ4n) is 4.83. The lowest BCUT2D eigenvalue weighted by Crippen LogP contribution is -2.35. The Kier molecular flexibility index (Phi) is 8.38. The molecule has 0 spiro atoms. The summed E-state index contributed by atoms with van der Waals surface area (Å²) in [4.78, 5) is 32.1. The van der Waals surface area contributed by atoms with Crippen molar-refractivity contribution in [2.75, 3.05) is 27.3 Å². The molecular weight excluding hydrogens is 531 g/mol. The summed E-state index contributed by atoms with van der Waals surface area (Å²) < 4.78 is 58.6. The van der Waals surface area contributed by atoms with Gasteiger partial charge in [-0.25, -0.2) is 0 Å². The van der Waals surface area contributed by atoms with E-state index < -0.39 is 40.6 Å². The lowest BCUT2D eigenvalue weighted by molar-refractivity contribution is -0.138. The van der Waals surface area contributed by atoms with Crippen molar-refractivity contribution in [2.24, 2.45) is 0 Å². The van der Waals surface area contributed by atoms with Gasteiger partial charge in [0.05, 0.1) is 25.9 Å². The number of nitrogens with zero attached hydrogens (tertiary/aromatic N) is 3. The van der Waals surface area contributed by atoms with E-state index in [-0.39, 0.29) is 60.8 Å². The molecule has 0 bridgehead atoms. The third kappa shape index (κ3) is 5.62. The number of rotatable bonds is 8. The number of methoxy groups -OCH3 is 2. The van der Waals surface area contributed by atoms with Gasteiger partial charge in [0.1, 0.15) is 29.6 Å². The summed E-state index contributed by atoms with van der Waals surface area (Å²) in [5.74, 6) is -1.65. The van der Waals surface area contributed by atoms with E-state index in [1.165, 1.54) is 41.9 Å². The first kappa shape index (κ1) is 28.9. The second-order valence-electron chi connectivity index (χ2n) is 9.56. The number of benzene rings is 2. The predicted molar refractivity (Wildman–Crippen MR) is 139 cm³/mol. The van der Waals surface area contributed by atoms with E-state index in [9.17, 15) is 27.9 Å². The van der Waals surface area contributed by atoms with E-state index in [1.807, 2.05) is 0 Å². The molecule has 2 heterocycles. The van der Waals surface area contributed by atoms with Crippen LogP contribution in [-0.2, 0) is 17.5 Å². The molecule has 1 N–H and O–H groups in total. The number of aromatic nitrogens is 2. The summed E-state index contributed by atoms with van der Waals surface area (Å²) in [6, 6.07) is 10.1. The molecule has 1 aromatic heterocycles. The van der Waals surface area contributed by atoms with Crippen molar-refractivity contribution in [2.45, 2.75) is 45.1 Å². The van der Waals surface area contributed by atoms with Gasteiger partial charge in [-0.1, -0.05) is 24.3 Å². The predicted octanol–water partition coefficient (Wildman–Crippen LogP) is 4.53. The Balaban J connectivity index is 1.79. The van der Waals surface area contributed by atoms with Crippen molar-refractivity contribution in [1.29, 1.82) is 0 Å². The van der Waals surface area contributed by atoms with Gasteiger partial charge in [-0.3, -0.25) is 14.2 Å². The summed E-state index contributed by atoms with van der Waals surface area (Å²) in [6.45, 7) is 3.40. The minimum Gasteiger partial charge on any atom is -0.494 e. The first-order valence-electron chi connectivity index (χ1n) is 12.6. The zero-order valence-corrected chi connectivity index (χ0v) is 22.5. The van der Waals surface area contributed by atoms with Crippen LogP contribution in [0.4, 0.5) is 13.2 Å². The molecule has 40 heavy (non-hydrogen) atoms. The molecule has 214 valence electrons. The number of halogens is 3. The molecule has 0 aliphatic carbocycles. The van der Waals surface area contributed by atoms with Gasteiger partial charge in [-0.2, -0.15) is 18.2 Å². The lowest BCUT2D eigenvalue weighted by atomic mass is 9.93. The summed E-state index contributed by atoms with van der Waals surface area (Å²) in [7, 11) is 2.82. The molecule has 1 aliphatic heterocycles. The van der Waals surface area contributed by atoms with Crippen molar-refractivity contribution >= 4 is 5.91 Å². The molecule has 1 aliphatic rings. The smallest absolute Gasteiger partial charge is 0.416 e. The highest BCUT2D eigenvalue weighted by molar-refractivity contribution is 5.96. The monoisotopic (exact) mass is 561 g/mol. The van der Waals surface area contributed by atoms with Gasteiger partial charge in [0.2, 0.25) is 5.88 Å². The second kappa shape index (κ2) is 11.6. The number of amides is 1. The summed E-state index contributed by atoms with van der Waals surface area (Å²) >= 11 is 0. The average molecular weight is 562 g/mol. The first-order valence-corrected chi connectivity index (χ1v) is 12.6. The summed E-state index contributed by atoms with van der Waals surface area (Å²) in [6.07, 6.45) is -4.54. The fourth-order valence-corrected chi connectivity index (χ4v) is 4.83. The first-order chi connectivity index (χ1) is 19.0. The third-order valence-corrected chi connectivity index (χ3v) is 6.70. The largest absolute Gasteiger partial charge is 0.494 e. The molecule has 1 amide bonds. The topological polar surface area (TPSA) is 103 Å². The van der Waals surface area contributed by atoms with Gasteiger partial charge in [-0.15, -0.1) is 0 Å². The quantitative estimate of drug-likeness (QED) is 0.431. The molecule has 9 nitrogen and oxygen atoms in total. The van der Waals surface area contributed by atoms with E-state index in [2.05, 4.69) is 4.98 Å². The van der Waals surface area contributed by atoms with Crippen LogP contribution >= 0.6 is 0 Å². The van der Waals surface area contributed by atoms with Crippen LogP contribution in [0.5, 0.6) is 17.4 Å². The number of hydrogen-bond donors (Lipinski definition) is 1. The molecule has 1 saturated heterocycles.